The molecule has 0 aliphatic carbocycles. The molecule has 0 bridgehead atoms. The fourth-order valence-corrected chi connectivity index (χ4v) is 5.58. The van der Waals surface area contributed by atoms with Gasteiger partial charge < -0.3 is 10.1 Å². The number of fused-ring (bicyclic) bond motifs is 1. The Morgan fingerprint density at radius 2 is 1.83 bits per heavy atom. The van der Waals surface area contributed by atoms with E-state index >= 15 is 0 Å². The van der Waals surface area contributed by atoms with Crippen molar-refractivity contribution < 1.29 is 13.2 Å². The summed E-state index contributed by atoms with van der Waals surface area (Å²) in [5, 5.41) is 17.1. The second-order valence-electron chi connectivity index (χ2n) is 8.03. The highest BCUT2D eigenvalue weighted by molar-refractivity contribution is 7.89. The van der Waals surface area contributed by atoms with Crippen LogP contribution in [0, 0.1) is 6.92 Å². The number of hydrogen-bond acceptors (Lipinski definition) is 8. The largest absolute Gasteiger partial charge is 0.493 e. The van der Waals surface area contributed by atoms with Gasteiger partial charge in [0.2, 0.25) is 15.7 Å². The summed E-state index contributed by atoms with van der Waals surface area (Å²) >= 11 is 6.02. The van der Waals surface area contributed by atoms with Crippen molar-refractivity contribution in [3.8, 4) is 22.8 Å². The van der Waals surface area contributed by atoms with E-state index in [4.69, 9.17) is 21.3 Å². The molecule has 10 nitrogen and oxygen atoms in total. The van der Waals surface area contributed by atoms with E-state index in [1.807, 2.05) is 26.0 Å². The molecule has 0 amide bonds. The molecule has 0 spiro atoms. The van der Waals surface area contributed by atoms with Crippen LogP contribution in [-0.4, -0.2) is 70.5 Å². The molecular formula is C23H24ClN7O3S. The van der Waals surface area contributed by atoms with Crippen LogP contribution in [0.1, 0.15) is 12.6 Å². The van der Waals surface area contributed by atoms with Crippen LogP contribution in [0.5, 0.6) is 5.75 Å². The summed E-state index contributed by atoms with van der Waals surface area (Å²) < 4.78 is 35.4. The summed E-state index contributed by atoms with van der Waals surface area (Å²) in [6, 6.07) is 12.0. The smallest absolute Gasteiger partial charge is 0.243 e. The zero-order valence-corrected chi connectivity index (χ0v) is 20.8. The standard InChI is InChI=1S/C23H24ClN7O3S/c1-3-34-20-9-8-18(35(32,33)30-12-10-25-11-13-30)14-19(20)22-26-21-15(2)29-31(23(21)28-27-22)17-6-4-16(24)5-7-17/h4-9,14,25H,3,10-13H2,1-2H3. The molecule has 2 aromatic heterocycles. The van der Waals surface area contributed by atoms with Crippen LogP contribution in [0.15, 0.2) is 47.4 Å². The van der Waals surface area contributed by atoms with Crippen LogP contribution >= 0.6 is 11.6 Å². The third-order valence-corrected chi connectivity index (χ3v) is 7.89. The van der Waals surface area contributed by atoms with Gasteiger partial charge in [0.15, 0.2) is 5.82 Å². The molecule has 1 saturated heterocycles. The molecule has 0 saturated carbocycles. The van der Waals surface area contributed by atoms with Crippen molar-refractivity contribution in [1.82, 2.24) is 34.6 Å². The van der Waals surface area contributed by atoms with Crippen molar-refractivity contribution >= 4 is 32.8 Å². The Labute approximate surface area is 207 Å². The van der Waals surface area contributed by atoms with Crippen LogP contribution < -0.4 is 10.1 Å². The monoisotopic (exact) mass is 513 g/mol. The summed E-state index contributed by atoms with van der Waals surface area (Å²) in [5.41, 5.74) is 2.93. The molecule has 35 heavy (non-hydrogen) atoms. The van der Waals surface area contributed by atoms with Crippen molar-refractivity contribution in [3.05, 3.63) is 53.2 Å². The van der Waals surface area contributed by atoms with Crippen molar-refractivity contribution in [1.29, 1.82) is 0 Å². The fraction of sp³-hybridized carbons (Fsp3) is 0.304. The Kier molecular flexibility index (Phi) is 6.41. The Bertz CT molecular complexity index is 1480. The number of halogens is 1. The van der Waals surface area contributed by atoms with E-state index in [0.29, 0.717) is 66.0 Å². The first-order valence-electron chi connectivity index (χ1n) is 11.2. The highest BCUT2D eigenvalue weighted by atomic mass is 35.5. The van der Waals surface area contributed by atoms with Gasteiger partial charge in [0.05, 0.1) is 28.4 Å². The number of aromatic nitrogens is 5. The summed E-state index contributed by atoms with van der Waals surface area (Å²) in [6.07, 6.45) is 0. The Morgan fingerprint density at radius 3 is 2.54 bits per heavy atom. The van der Waals surface area contributed by atoms with Crippen LogP contribution in [-0.2, 0) is 10.0 Å². The molecule has 1 aliphatic heterocycles. The van der Waals surface area contributed by atoms with Crippen LogP contribution in [0.25, 0.3) is 28.2 Å². The molecule has 3 heterocycles. The van der Waals surface area contributed by atoms with E-state index in [1.165, 1.54) is 4.31 Å². The highest BCUT2D eigenvalue weighted by Crippen LogP contribution is 2.32. The van der Waals surface area contributed by atoms with Crippen molar-refractivity contribution in [2.75, 3.05) is 32.8 Å². The average molecular weight is 514 g/mol. The van der Waals surface area contributed by atoms with E-state index < -0.39 is 10.0 Å². The van der Waals surface area contributed by atoms with E-state index in [1.54, 1.807) is 35.0 Å². The molecule has 0 radical (unpaired) electrons. The van der Waals surface area contributed by atoms with Gasteiger partial charge >= 0.3 is 0 Å². The molecule has 1 N–H and O–H groups in total. The first-order chi connectivity index (χ1) is 16.9. The number of nitrogens with one attached hydrogen (secondary N) is 1. The molecule has 1 aliphatic rings. The predicted octanol–water partition coefficient (Wildman–Crippen LogP) is 2.83. The lowest BCUT2D eigenvalue weighted by Crippen LogP contribution is -2.46. The minimum Gasteiger partial charge on any atom is -0.493 e. The number of rotatable bonds is 6. The van der Waals surface area contributed by atoms with Gasteiger partial charge in [-0.25, -0.2) is 18.1 Å². The SMILES string of the molecule is CCOc1ccc(S(=O)(=O)N2CCNCC2)cc1-c1nnc2c(n1)c(C)nn2-c1ccc(Cl)cc1. The Hall–Kier alpha value is -3.12. The minimum absolute atomic E-state index is 0.162. The quantitative estimate of drug-likeness (QED) is 0.418. The summed E-state index contributed by atoms with van der Waals surface area (Å²) in [4.78, 5) is 4.87. The molecule has 2 aromatic carbocycles. The predicted molar refractivity (Wildman–Crippen MR) is 132 cm³/mol. The van der Waals surface area contributed by atoms with E-state index in [0.717, 1.165) is 5.69 Å². The van der Waals surface area contributed by atoms with Gasteiger partial charge in [-0.15, -0.1) is 10.2 Å². The fourth-order valence-electron chi connectivity index (χ4n) is 3.99. The number of aryl methyl sites for hydroxylation is 1. The van der Waals surface area contributed by atoms with Crippen LogP contribution in [0.4, 0.5) is 0 Å². The van der Waals surface area contributed by atoms with Gasteiger partial charge in [-0.1, -0.05) is 11.6 Å². The number of piperazine rings is 1. The molecule has 1 fully saturated rings. The molecular weight excluding hydrogens is 490 g/mol. The number of benzene rings is 2. The van der Waals surface area contributed by atoms with E-state index in [2.05, 4.69) is 20.6 Å². The highest BCUT2D eigenvalue weighted by Gasteiger charge is 2.27. The lowest BCUT2D eigenvalue weighted by molar-refractivity contribution is 0.341. The maximum Gasteiger partial charge on any atom is 0.243 e. The van der Waals surface area contributed by atoms with Crippen LogP contribution in [0.2, 0.25) is 5.02 Å². The van der Waals surface area contributed by atoms with Gasteiger partial charge in [-0.05, 0) is 56.3 Å². The second-order valence-corrected chi connectivity index (χ2v) is 10.4. The first kappa shape index (κ1) is 23.6. The molecule has 12 heteroatoms. The zero-order valence-electron chi connectivity index (χ0n) is 19.3. The van der Waals surface area contributed by atoms with Gasteiger partial charge in [-0.3, -0.25) is 0 Å². The number of nitrogens with zero attached hydrogens (tertiary/aromatic N) is 6. The minimum atomic E-state index is -3.68. The maximum absolute atomic E-state index is 13.3. The van der Waals surface area contributed by atoms with Crippen molar-refractivity contribution in [2.45, 2.75) is 18.7 Å². The Morgan fingerprint density at radius 1 is 1.09 bits per heavy atom. The second kappa shape index (κ2) is 9.50. The van der Waals surface area contributed by atoms with Gasteiger partial charge in [0.25, 0.3) is 0 Å². The van der Waals surface area contributed by atoms with Crippen molar-refractivity contribution in [3.63, 3.8) is 0 Å². The molecule has 4 aromatic rings. The molecule has 0 atom stereocenters. The van der Waals surface area contributed by atoms with E-state index in [9.17, 15) is 8.42 Å². The topological polar surface area (TPSA) is 115 Å². The third-order valence-electron chi connectivity index (χ3n) is 5.74. The molecule has 0 unspecified atom stereocenters. The third kappa shape index (κ3) is 4.47. The van der Waals surface area contributed by atoms with Gasteiger partial charge in [-0.2, -0.15) is 9.40 Å². The summed E-state index contributed by atoms with van der Waals surface area (Å²) in [7, 11) is -3.68. The normalized spacial score (nSPS) is 14.9. The maximum atomic E-state index is 13.3. The number of ether oxygens (including phenoxy) is 1. The van der Waals surface area contributed by atoms with Gasteiger partial charge in [0, 0.05) is 31.2 Å². The molecule has 182 valence electrons. The van der Waals surface area contributed by atoms with E-state index in [-0.39, 0.29) is 10.7 Å². The Balaban J connectivity index is 1.60. The first-order valence-corrected chi connectivity index (χ1v) is 13.0. The lowest BCUT2D eigenvalue weighted by atomic mass is 10.2. The zero-order chi connectivity index (χ0) is 24.6. The summed E-state index contributed by atoms with van der Waals surface area (Å²) in [5.74, 6) is 0.743. The number of sulfonamides is 1. The average Bonchev–Trinajstić information content (AvgIpc) is 3.21. The van der Waals surface area contributed by atoms with Crippen LogP contribution in [0.3, 0.4) is 0 Å². The lowest BCUT2D eigenvalue weighted by Gasteiger charge is -2.26. The summed E-state index contributed by atoms with van der Waals surface area (Å²) in [6.45, 7) is 6.16. The van der Waals surface area contributed by atoms with Crippen molar-refractivity contribution in [2.24, 2.45) is 0 Å². The number of hydrogen-bond donors (Lipinski definition) is 1. The molecule has 5 rings (SSSR count). The van der Waals surface area contributed by atoms with Gasteiger partial charge in [0.1, 0.15) is 11.3 Å².